The summed E-state index contributed by atoms with van der Waals surface area (Å²) in [7, 11) is 4.89. The highest BCUT2D eigenvalue weighted by Gasteiger charge is 2.33. The molecule has 1 fully saturated rings. The Kier molecular flexibility index (Phi) is 9.91. The molecule has 0 amide bonds. The Bertz CT molecular complexity index is 1260. The maximum Gasteiger partial charge on any atom is 0.323 e. The van der Waals surface area contributed by atoms with Gasteiger partial charge in [-0.2, -0.15) is 0 Å². The molecule has 0 radical (unpaired) electrons. The lowest BCUT2D eigenvalue weighted by molar-refractivity contribution is -0.145. The SMILES string of the molecule is CNCCN[C@H](C(=O)OC)C1CCC(Oc2cc3c(Nc4cccc(I)c4F)ncnc3cc2OC)CC1. The first-order valence-corrected chi connectivity index (χ1v) is 13.7. The van der Waals surface area contributed by atoms with E-state index in [9.17, 15) is 9.18 Å². The highest BCUT2D eigenvalue weighted by molar-refractivity contribution is 14.1. The van der Waals surface area contributed by atoms with Gasteiger partial charge in [-0.3, -0.25) is 4.79 Å². The maximum atomic E-state index is 14.6. The van der Waals surface area contributed by atoms with Crippen LogP contribution in [-0.4, -0.2) is 62.4 Å². The molecule has 38 heavy (non-hydrogen) atoms. The molecule has 204 valence electrons. The molecular weight excluding hydrogens is 604 g/mol. The third-order valence-corrected chi connectivity index (χ3v) is 7.64. The highest BCUT2D eigenvalue weighted by atomic mass is 127. The van der Waals surface area contributed by atoms with Crippen LogP contribution in [0, 0.1) is 15.3 Å². The predicted molar refractivity (Wildman–Crippen MR) is 153 cm³/mol. The van der Waals surface area contributed by atoms with E-state index in [-0.39, 0.29) is 29.9 Å². The van der Waals surface area contributed by atoms with Crippen LogP contribution >= 0.6 is 22.6 Å². The maximum absolute atomic E-state index is 14.6. The topological polar surface area (TPSA) is 107 Å². The lowest BCUT2D eigenvalue weighted by atomic mass is 9.82. The van der Waals surface area contributed by atoms with Crippen molar-refractivity contribution in [3.63, 3.8) is 0 Å². The van der Waals surface area contributed by atoms with Crippen molar-refractivity contribution in [2.45, 2.75) is 37.8 Å². The zero-order valence-corrected chi connectivity index (χ0v) is 23.9. The van der Waals surface area contributed by atoms with Crippen molar-refractivity contribution in [3.05, 3.63) is 46.0 Å². The summed E-state index contributed by atoms with van der Waals surface area (Å²) in [6.45, 7) is 1.45. The van der Waals surface area contributed by atoms with Crippen molar-refractivity contribution in [3.8, 4) is 11.5 Å². The van der Waals surface area contributed by atoms with E-state index in [1.54, 1.807) is 31.4 Å². The number of benzene rings is 2. The van der Waals surface area contributed by atoms with Gasteiger partial charge in [0.05, 0.1) is 35.1 Å². The molecular formula is C27H33FIN5O4. The second-order valence-corrected chi connectivity index (χ2v) is 10.3. The Morgan fingerprint density at radius 1 is 1.13 bits per heavy atom. The molecule has 0 unspecified atom stereocenters. The Hall–Kier alpha value is -2.77. The fraction of sp³-hybridized carbons (Fsp3) is 0.444. The summed E-state index contributed by atoms with van der Waals surface area (Å²) in [4.78, 5) is 21.1. The first kappa shape index (κ1) is 28.2. The molecule has 0 aliphatic heterocycles. The monoisotopic (exact) mass is 637 g/mol. The van der Waals surface area contributed by atoms with E-state index >= 15 is 0 Å². The molecule has 3 N–H and O–H groups in total. The van der Waals surface area contributed by atoms with Gasteiger partial charge in [-0.25, -0.2) is 14.4 Å². The Labute approximate surface area is 235 Å². The number of esters is 1. The molecule has 1 atom stereocenters. The van der Waals surface area contributed by atoms with E-state index in [1.807, 2.05) is 35.7 Å². The smallest absolute Gasteiger partial charge is 0.323 e. The third-order valence-electron chi connectivity index (χ3n) is 6.80. The zero-order valence-electron chi connectivity index (χ0n) is 21.7. The Morgan fingerprint density at radius 3 is 2.63 bits per heavy atom. The summed E-state index contributed by atoms with van der Waals surface area (Å²) in [5, 5.41) is 10.2. The molecule has 0 bridgehead atoms. The second-order valence-electron chi connectivity index (χ2n) is 9.18. The molecule has 1 aliphatic rings. The van der Waals surface area contributed by atoms with Crippen LogP contribution in [0.4, 0.5) is 15.9 Å². The van der Waals surface area contributed by atoms with Crippen molar-refractivity contribution in [1.82, 2.24) is 20.6 Å². The summed E-state index contributed by atoms with van der Waals surface area (Å²) in [5.41, 5.74) is 0.979. The van der Waals surface area contributed by atoms with Gasteiger partial charge in [0.1, 0.15) is 18.2 Å². The van der Waals surface area contributed by atoms with Gasteiger partial charge in [-0.05, 0) is 79.4 Å². The summed E-state index contributed by atoms with van der Waals surface area (Å²) in [5.74, 6) is 1.21. The van der Waals surface area contributed by atoms with E-state index in [0.717, 1.165) is 32.2 Å². The summed E-state index contributed by atoms with van der Waals surface area (Å²) in [6, 6.07) is 8.46. The molecule has 2 aromatic carbocycles. The third kappa shape index (κ3) is 6.62. The number of hydrogen-bond donors (Lipinski definition) is 3. The molecule has 9 nitrogen and oxygen atoms in total. The largest absolute Gasteiger partial charge is 0.493 e. The van der Waals surface area contributed by atoms with Crippen LogP contribution in [0.2, 0.25) is 0 Å². The predicted octanol–water partition coefficient (Wildman–Crippen LogP) is 4.41. The van der Waals surface area contributed by atoms with Gasteiger partial charge >= 0.3 is 5.97 Å². The number of hydrogen-bond acceptors (Lipinski definition) is 9. The van der Waals surface area contributed by atoms with E-state index in [1.165, 1.54) is 13.4 Å². The van der Waals surface area contributed by atoms with Crippen LogP contribution < -0.4 is 25.4 Å². The minimum Gasteiger partial charge on any atom is -0.493 e. The fourth-order valence-corrected chi connectivity index (χ4v) is 5.28. The highest BCUT2D eigenvalue weighted by Crippen LogP contribution is 2.38. The van der Waals surface area contributed by atoms with Crippen LogP contribution in [0.15, 0.2) is 36.7 Å². The van der Waals surface area contributed by atoms with Crippen LogP contribution in [0.3, 0.4) is 0 Å². The van der Waals surface area contributed by atoms with Gasteiger partial charge in [-0.15, -0.1) is 0 Å². The van der Waals surface area contributed by atoms with Gasteiger partial charge in [0.15, 0.2) is 17.3 Å². The summed E-state index contributed by atoms with van der Waals surface area (Å²) in [6.07, 6.45) is 4.62. The molecule has 4 rings (SSSR count). The number of ether oxygens (including phenoxy) is 3. The van der Waals surface area contributed by atoms with Crippen LogP contribution in [-0.2, 0) is 9.53 Å². The Balaban J connectivity index is 1.51. The lowest BCUT2D eigenvalue weighted by Gasteiger charge is -2.33. The molecule has 1 saturated carbocycles. The van der Waals surface area contributed by atoms with Crippen LogP contribution in [0.1, 0.15) is 25.7 Å². The molecule has 3 aromatic rings. The van der Waals surface area contributed by atoms with Crippen molar-refractivity contribution >= 4 is 51.0 Å². The first-order chi connectivity index (χ1) is 18.4. The first-order valence-electron chi connectivity index (χ1n) is 12.6. The lowest BCUT2D eigenvalue weighted by Crippen LogP contribution is -2.47. The van der Waals surface area contributed by atoms with E-state index in [0.29, 0.717) is 44.0 Å². The van der Waals surface area contributed by atoms with Gasteiger partial charge in [0.25, 0.3) is 0 Å². The number of fused-ring (bicyclic) bond motifs is 1. The molecule has 1 aliphatic carbocycles. The number of likely N-dealkylation sites (N-methyl/N-ethyl adjacent to an activating group) is 1. The minimum atomic E-state index is -0.340. The standard InChI is InChI=1S/C27H33FIN5O4/c1-30-11-12-31-25(27(35)37-3)16-7-9-17(10-8-16)38-23-13-18-21(14-22(23)36-2)32-15-33-26(18)34-20-6-4-5-19(29)24(20)28/h4-6,13-17,25,30-31H,7-12H2,1-3H3,(H,32,33,34)/t16?,17?,25-/m0/s1. The van der Waals surface area contributed by atoms with Gasteiger partial charge < -0.3 is 30.2 Å². The number of nitrogens with zero attached hydrogens (tertiary/aromatic N) is 2. The van der Waals surface area contributed by atoms with Crippen molar-refractivity contribution in [2.75, 3.05) is 39.7 Å². The van der Waals surface area contributed by atoms with Gasteiger partial charge in [-0.1, -0.05) is 6.07 Å². The van der Waals surface area contributed by atoms with Crippen molar-refractivity contribution in [1.29, 1.82) is 0 Å². The number of rotatable bonds is 11. The molecule has 1 aromatic heterocycles. The molecule has 0 saturated heterocycles. The van der Waals surface area contributed by atoms with Crippen LogP contribution in [0.25, 0.3) is 10.9 Å². The van der Waals surface area contributed by atoms with E-state index < -0.39 is 0 Å². The van der Waals surface area contributed by atoms with E-state index in [2.05, 4.69) is 25.9 Å². The number of anilines is 2. The fourth-order valence-electron chi connectivity index (χ4n) is 4.78. The number of nitrogens with one attached hydrogen (secondary N) is 3. The van der Waals surface area contributed by atoms with Gasteiger partial charge in [0.2, 0.25) is 0 Å². The Morgan fingerprint density at radius 2 is 1.92 bits per heavy atom. The van der Waals surface area contributed by atoms with Crippen molar-refractivity contribution in [2.24, 2.45) is 5.92 Å². The summed E-state index contributed by atoms with van der Waals surface area (Å²) < 4.78 is 32.2. The normalized spacial score (nSPS) is 18.1. The average Bonchev–Trinajstić information content (AvgIpc) is 2.94. The zero-order chi connectivity index (χ0) is 27.1. The molecule has 1 heterocycles. The van der Waals surface area contributed by atoms with Crippen molar-refractivity contribution < 1.29 is 23.4 Å². The molecule has 0 spiro atoms. The number of aromatic nitrogens is 2. The number of methoxy groups -OCH3 is 2. The minimum absolute atomic E-state index is 0.0395. The second kappa shape index (κ2) is 13.3. The summed E-state index contributed by atoms with van der Waals surface area (Å²) >= 11 is 1.96. The molecule has 11 heteroatoms. The quantitative estimate of drug-likeness (QED) is 0.160. The van der Waals surface area contributed by atoms with Gasteiger partial charge in [0, 0.05) is 24.5 Å². The van der Waals surface area contributed by atoms with Crippen LogP contribution in [0.5, 0.6) is 11.5 Å². The number of halogens is 2. The average molecular weight is 637 g/mol. The van der Waals surface area contributed by atoms with E-state index in [4.69, 9.17) is 14.2 Å². The number of carbonyl (C=O) groups excluding carboxylic acids is 1. The number of carbonyl (C=O) groups is 1.